The fraction of sp³-hybridized carbons (Fsp3) is 0.238. The summed E-state index contributed by atoms with van der Waals surface area (Å²) in [4.78, 5) is 36.2. The van der Waals surface area contributed by atoms with Crippen molar-refractivity contribution in [3.63, 3.8) is 0 Å². The summed E-state index contributed by atoms with van der Waals surface area (Å²) in [5.74, 6) is -0.435. The van der Waals surface area contributed by atoms with E-state index in [1.807, 2.05) is 30.5 Å². The van der Waals surface area contributed by atoms with Crippen LogP contribution in [0, 0.1) is 6.92 Å². The van der Waals surface area contributed by atoms with Crippen LogP contribution in [-0.4, -0.2) is 33.4 Å². The smallest absolute Gasteiger partial charge is 0.348 e. The Bertz CT molecular complexity index is 1350. The number of benzene rings is 1. The van der Waals surface area contributed by atoms with E-state index in [9.17, 15) is 9.59 Å². The number of thioether (sulfide) groups is 1. The first kappa shape index (κ1) is 20.8. The predicted molar refractivity (Wildman–Crippen MR) is 122 cm³/mol. The summed E-state index contributed by atoms with van der Waals surface area (Å²) in [6.45, 7) is 4.00. The number of thiophene rings is 1. The van der Waals surface area contributed by atoms with Crippen molar-refractivity contribution in [2.75, 3.05) is 12.9 Å². The molecule has 6 nitrogen and oxygen atoms in total. The number of aromatic nitrogens is 3. The molecule has 0 unspecified atom stereocenters. The van der Waals surface area contributed by atoms with Gasteiger partial charge in [-0.3, -0.25) is 9.36 Å². The van der Waals surface area contributed by atoms with Crippen molar-refractivity contribution in [1.29, 1.82) is 0 Å². The van der Waals surface area contributed by atoms with Gasteiger partial charge in [-0.15, -0.1) is 23.1 Å². The molecule has 0 fully saturated rings. The van der Waals surface area contributed by atoms with Crippen LogP contribution in [-0.2, 0) is 11.3 Å². The number of hydrogen-bond acceptors (Lipinski definition) is 7. The Kier molecular flexibility index (Phi) is 5.81. The van der Waals surface area contributed by atoms with E-state index in [2.05, 4.69) is 9.97 Å². The van der Waals surface area contributed by atoms with E-state index in [0.717, 1.165) is 21.4 Å². The fourth-order valence-electron chi connectivity index (χ4n) is 3.25. The molecule has 3 heterocycles. The molecular formula is C21H18ClN3O3S2. The van der Waals surface area contributed by atoms with Gasteiger partial charge in [0.2, 0.25) is 0 Å². The monoisotopic (exact) mass is 459 g/mol. The number of ether oxygens (including phenoxy) is 1. The van der Waals surface area contributed by atoms with E-state index in [0.29, 0.717) is 25.8 Å². The summed E-state index contributed by atoms with van der Waals surface area (Å²) < 4.78 is 6.57. The molecule has 0 saturated carbocycles. The molecular weight excluding hydrogens is 442 g/mol. The third kappa shape index (κ3) is 3.71. The number of fused-ring (bicyclic) bond motifs is 2. The van der Waals surface area contributed by atoms with E-state index >= 15 is 0 Å². The second-order valence-electron chi connectivity index (χ2n) is 6.63. The van der Waals surface area contributed by atoms with E-state index in [-0.39, 0.29) is 18.7 Å². The Labute approximate surface area is 185 Å². The van der Waals surface area contributed by atoms with Gasteiger partial charge in [0.15, 0.2) is 0 Å². The maximum Gasteiger partial charge on any atom is 0.348 e. The number of rotatable bonds is 5. The van der Waals surface area contributed by atoms with Gasteiger partial charge in [0.1, 0.15) is 14.9 Å². The first-order valence-corrected chi connectivity index (χ1v) is 11.6. The molecule has 0 aliphatic heterocycles. The number of carbonyl (C=O) groups excluding carboxylic acids is 1. The lowest BCUT2D eigenvalue weighted by molar-refractivity contribution is 0.0531. The van der Waals surface area contributed by atoms with Gasteiger partial charge >= 0.3 is 5.97 Å². The second-order valence-corrected chi connectivity index (χ2v) is 8.87. The van der Waals surface area contributed by atoms with Crippen LogP contribution in [0.2, 0.25) is 5.15 Å². The molecule has 0 aliphatic carbocycles. The number of aryl methyl sites for hydroxylation is 1. The van der Waals surface area contributed by atoms with Gasteiger partial charge in [-0.25, -0.2) is 14.8 Å². The largest absolute Gasteiger partial charge is 0.462 e. The van der Waals surface area contributed by atoms with E-state index in [1.54, 1.807) is 25.6 Å². The Hall–Kier alpha value is -2.42. The molecule has 4 aromatic rings. The maximum absolute atomic E-state index is 13.1. The summed E-state index contributed by atoms with van der Waals surface area (Å²) >= 11 is 9.23. The molecule has 9 heteroatoms. The van der Waals surface area contributed by atoms with E-state index in [1.165, 1.54) is 22.2 Å². The molecule has 0 atom stereocenters. The van der Waals surface area contributed by atoms with Crippen LogP contribution in [0.3, 0.4) is 0 Å². The second kappa shape index (κ2) is 8.37. The van der Waals surface area contributed by atoms with Gasteiger partial charge in [0.05, 0.1) is 30.4 Å². The zero-order valence-corrected chi connectivity index (χ0v) is 19.0. The first-order chi connectivity index (χ1) is 14.4. The van der Waals surface area contributed by atoms with Crippen molar-refractivity contribution in [3.8, 4) is 0 Å². The Morgan fingerprint density at radius 1 is 1.33 bits per heavy atom. The molecule has 0 radical (unpaired) electrons. The average Bonchev–Trinajstić information content (AvgIpc) is 3.07. The molecule has 1 aromatic carbocycles. The first-order valence-electron chi connectivity index (χ1n) is 9.21. The van der Waals surface area contributed by atoms with Crippen LogP contribution in [0.1, 0.15) is 27.7 Å². The summed E-state index contributed by atoms with van der Waals surface area (Å²) in [5.41, 5.74) is 1.90. The summed E-state index contributed by atoms with van der Waals surface area (Å²) in [6.07, 6.45) is 3.49. The lowest BCUT2D eigenvalue weighted by Crippen LogP contribution is -2.21. The minimum atomic E-state index is -0.435. The van der Waals surface area contributed by atoms with Crippen LogP contribution in [0.4, 0.5) is 0 Å². The average molecular weight is 460 g/mol. The highest BCUT2D eigenvalue weighted by Crippen LogP contribution is 2.28. The SMILES string of the molecule is CCOC(=O)c1sc2ncn(Cc3cc4ccc(SC)cc4nc3Cl)c(=O)c2c1C. The highest BCUT2D eigenvalue weighted by Gasteiger charge is 2.20. The zero-order valence-electron chi connectivity index (χ0n) is 16.6. The predicted octanol–water partition coefficient (Wildman–Crippen LogP) is 4.91. The van der Waals surface area contributed by atoms with Gasteiger partial charge in [0.25, 0.3) is 5.56 Å². The van der Waals surface area contributed by atoms with Crippen molar-refractivity contribution in [1.82, 2.24) is 14.5 Å². The lowest BCUT2D eigenvalue weighted by Gasteiger charge is -2.09. The van der Waals surface area contributed by atoms with Crippen LogP contribution in [0.15, 0.2) is 40.3 Å². The lowest BCUT2D eigenvalue weighted by atomic mass is 10.1. The normalized spacial score (nSPS) is 11.3. The summed E-state index contributed by atoms with van der Waals surface area (Å²) in [5, 5.41) is 1.73. The number of hydrogen-bond donors (Lipinski definition) is 0. The third-order valence-electron chi connectivity index (χ3n) is 4.77. The van der Waals surface area contributed by atoms with Gasteiger partial charge in [0, 0.05) is 15.8 Å². The van der Waals surface area contributed by atoms with E-state index in [4.69, 9.17) is 16.3 Å². The summed E-state index contributed by atoms with van der Waals surface area (Å²) in [6, 6.07) is 7.95. The Balaban J connectivity index is 1.76. The maximum atomic E-state index is 13.1. The highest BCUT2D eigenvalue weighted by atomic mass is 35.5. The van der Waals surface area contributed by atoms with Crippen molar-refractivity contribution in [2.45, 2.75) is 25.3 Å². The van der Waals surface area contributed by atoms with Gasteiger partial charge in [-0.1, -0.05) is 17.7 Å². The number of carbonyl (C=O) groups is 1. The molecule has 0 aliphatic rings. The number of esters is 1. The molecule has 0 N–H and O–H groups in total. The van der Waals surface area contributed by atoms with Gasteiger partial charge in [-0.05, 0) is 43.9 Å². The van der Waals surface area contributed by atoms with Crippen molar-refractivity contribution >= 4 is 61.8 Å². The molecule has 0 spiro atoms. The molecule has 154 valence electrons. The van der Waals surface area contributed by atoms with Crippen molar-refractivity contribution < 1.29 is 9.53 Å². The third-order valence-corrected chi connectivity index (χ3v) is 7.00. The standard InChI is InChI=1S/C21H18ClN3O3S2/c1-4-28-21(27)17-11(2)16-19(30-17)23-10-25(20(16)26)9-13-7-12-5-6-14(29-3)8-15(12)24-18(13)22/h5-8,10H,4,9H2,1-3H3. The van der Waals surface area contributed by atoms with Crippen LogP contribution < -0.4 is 5.56 Å². The minimum absolute atomic E-state index is 0.224. The fourth-order valence-corrected chi connectivity index (χ4v) is 4.92. The van der Waals surface area contributed by atoms with Crippen LogP contribution in [0.25, 0.3) is 21.1 Å². The number of nitrogens with zero attached hydrogens (tertiary/aromatic N) is 3. The molecule has 30 heavy (non-hydrogen) atoms. The van der Waals surface area contributed by atoms with Crippen LogP contribution in [0.5, 0.6) is 0 Å². The number of pyridine rings is 1. The Morgan fingerprint density at radius 2 is 2.13 bits per heavy atom. The molecule has 4 rings (SSSR count). The number of halogens is 1. The highest BCUT2D eigenvalue weighted by molar-refractivity contribution is 7.98. The topological polar surface area (TPSA) is 74.1 Å². The molecule has 0 bridgehead atoms. The summed E-state index contributed by atoms with van der Waals surface area (Å²) in [7, 11) is 0. The van der Waals surface area contributed by atoms with Crippen molar-refractivity contribution in [3.05, 3.63) is 62.1 Å². The Morgan fingerprint density at radius 3 is 2.87 bits per heavy atom. The van der Waals surface area contributed by atoms with Gasteiger partial charge < -0.3 is 4.74 Å². The quantitative estimate of drug-likeness (QED) is 0.240. The zero-order chi connectivity index (χ0) is 21.4. The molecule has 0 amide bonds. The molecule has 0 saturated heterocycles. The van der Waals surface area contributed by atoms with Crippen molar-refractivity contribution in [2.24, 2.45) is 0 Å². The molecule has 3 aromatic heterocycles. The minimum Gasteiger partial charge on any atom is -0.462 e. The van der Waals surface area contributed by atoms with Gasteiger partial charge in [-0.2, -0.15) is 0 Å². The van der Waals surface area contributed by atoms with Crippen LogP contribution >= 0.6 is 34.7 Å². The van der Waals surface area contributed by atoms with E-state index < -0.39 is 5.97 Å².